The van der Waals surface area contributed by atoms with Crippen molar-refractivity contribution < 1.29 is 23.0 Å². The molecule has 2 heterocycles. The van der Waals surface area contributed by atoms with Crippen molar-refractivity contribution in [3.8, 4) is 11.5 Å². The van der Waals surface area contributed by atoms with Gasteiger partial charge in [-0.1, -0.05) is 12.5 Å². The monoisotopic (exact) mass is 312 g/mol. The van der Waals surface area contributed by atoms with Gasteiger partial charge in [0.1, 0.15) is 6.17 Å². The molecule has 1 aromatic carbocycles. The number of fused-ring (bicyclic) bond motifs is 1. The van der Waals surface area contributed by atoms with Crippen LogP contribution in [-0.4, -0.2) is 37.1 Å². The summed E-state index contributed by atoms with van der Waals surface area (Å²) < 4.78 is 34.3. The normalized spacial score (nSPS) is 25.0. The second-order valence-corrected chi connectivity index (χ2v) is 5.45. The van der Waals surface area contributed by atoms with Crippen LogP contribution in [0.2, 0.25) is 0 Å². The second kappa shape index (κ2) is 6.08. The molecular formula is C15H18F2N2O3. The second-order valence-electron chi connectivity index (χ2n) is 5.45. The van der Waals surface area contributed by atoms with Crippen LogP contribution in [0.25, 0.3) is 0 Å². The first-order chi connectivity index (χ1) is 10.6. The number of nitrogens with one attached hydrogen (secondary N) is 1. The zero-order chi connectivity index (χ0) is 15.7. The minimum absolute atomic E-state index is 0.0132. The van der Waals surface area contributed by atoms with Gasteiger partial charge in [-0.05, 0) is 30.5 Å². The van der Waals surface area contributed by atoms with Crippen molar-refractivity contribution in [2.24, 2.45) is 0 Å². The van der Waals surface area contributed by atoms with Crippen LogP contribution in [-0.2, 0) is 4.79 Å². The third-order valence-corrected chi connectivity index (χ3v) is 4.18. The highest BCUT2D eigenvalue weighted by Gasteiger charge is 2.41. The Kier molecular flexibility index (Phi) is 4.15. The molecule has 1 aromatic rings. The predicted molar refractivity (Wildman–Crippen MR) is 74.9 cm³/mol. The van der Waals surface area contributed by atoms with Crippen molar-refractivity contribution in [1.29, 1.82) is 0 Å². The summed E-state index contributed by atoms with van der Waals surface area (Å²) in [5, 5.41) is 2.97. The minimum atomic E-state index is -2.91. The molecule has 2 aliphatic rings. The maximum Gasteiger partial charge on any atom is 0.387 e. The molecule has 2 fully saturated rings. The van der Waals surface area contributed by atoms with Crippen molar-refractivity contribution in [1.82, 2.24) is 10.2 Å². The fraction of sp³-hybridized carbons (Fsp3) is 0.533. The summed E-state index contributed by atoms with van der Waals surface area (Å²) in [6, 6.07) is 4.67. The fourth-order valence-electron chi connectivity index (χ4n) is 3.18. The summed E-state index contributed by atoms with van der Waals surface area (Å²) in [7, 11) is 1.40. The molecule has 0 aromatic heterocycles. The molecule has 2 unspecified atom stereocenters. The number of hydrogen-bond acceptors (Lipinski definition) is 4. The van der Waals surface area contributed by atoms with Crippen molar-refractivity contribution >= 4 is 5.91 Å². The van der Waals surface area contributed by atoms with E-state index in [4.69, 9.17) is 4.74 Å². The zero-order valence-corrected chi connectivity index (χ0v) is 12.2. The third kappa shape index (κ3) is 2.72. The number of methoxy groups -OCH3 is 1. The lowest BCUT2D eigenvalue weighted by atomic mass is 10.0. The first kappa shape index (κ1) is 15.0. The lowest BCUT2D eigenvalue weighted by Crippen LogP contribution is -2.38. The maximum atomic E-state index is 12.4. The minimum Gasteiger partial charge on any atom is -0.493 e. The smallest absolute Gasteiger partial charge is 0.387 e. The van der Waals surface area contributed by atoms with Crippen LogP contribution >= 0.6 is 0 Å². The van der Waals surface area contributed by atoms with Gasteiger partial charge >= 0.3 is 6.61 Å². The van der Waals surface area contributed by atoms with Gasteiger partial charge in [0, 0.05) is 6.54 Å². The third-order valence-electron chi connectivity index (χ3n) is 4.18. The lowest BCUT2D eigenvalue weighted by Gasteiger charge is -2.31. The summed E-state index contributed by atoms with van der Waals surface area (Å²) in [5.41, 5.74) is 0.802. The molecule has 2 saturated heterocycles. The van der Waals surface area contributed by atoms with Gasteiger partial charge in [-0.15, -0.1) is 0 Å². The first-order valence-electron chi connectivity index (χ1n) is 7.29. The van der Waals surface area contributed by atoms with Crippen LogP contribution in [0, 0.1) is 0 Å². The number of benzene rings is 1. The molecule has 0 saturated carbocycles. The number of ether oxygens (including phenoxy) is 2. The first-order valence-corrected chi connectivity index (χ1v) is 7.29. The van der Waals surface area contributed by atoms with E-state index in [1.807, 2.05) is 0 Å². The molecule has 3 rings (SSSR count). The predicted octanol–water partition coefficient (Wildman–Crippen LogP) is 2.28. The van der Waals surface area contributed by atoms with E-state index in [9.17, 15) is 13.6 Å². The highest BCUT2D eigenvalue weighted by atomic mass is 19.3. The molecular weight excluding hydrogens is 294 g/mol. The Morgan fingerprint density at radius 3 is 2.86 bits per heavy atom. The summed E-state index contributed by atoms with van der Waals surface area (Å²) in [6.45, 7) is -2.07. The van der Waals surface area contributed by atoms with E-state index in [0.717, 1.165) is 31.4 Å². The molecule has 7 heteroatoms. The van der Waals surface area contributed by atoms with E-state index in [1.165, 1.54) is 13.2 Å². The average Bonchev–Trinajstić information content (AvgIpc) is 2.85. The summed E-state index contributed by atoms with van der Waals surface area (Å²) in [5.74, 6) is 0.241. The number of carbonyl (C=O) groups excluding carboxylic acids is 1. The molecule has 2 aliphatic heterocycles. The molecule has 1 amide bonds. The van der Waals surface area contributed by atoms with Crippen LogP contribution in [0.15, 0.2) is 18.2 Å². The Labute approximate surface area is 127 Å². The molecule has 2 atom stereocenters. The molecule has 0 radical (unpaired) electrons. The molecule has 0 bridgehead atoms. The Morgan fingerprint density at radius 2 is 2.14 bits per heavy atom. The fourth-order valence-corrected chi connectivity index (χ4v) is 3.18. The SMILES string of the molecule is COc1cc(C2NC(=O)C3CCCCN32)ccc1OC(F)F. The number of amides is 1. The van der Waals surface area contributed by atoms with E-state index < -0.39 is 6.61 Å². The standard InChI is InChI=1S/C15H18F2N2O3/c1-21-12-8-9(5-6-11(12)22-15(16)17)13-18-14(20)10-4-2-3-7-19(10)13/h5-6,8,10,13,15H,2-4,7H2,1H3,(H,18,20). The van der Waals surface area contributed by atoms with Crippen molar-refractivity contribution in [3.63, 3.8) is 0 Å². The van der Waals surface area contributed by atoms with E-state index in [2.05, 4.69) is 15.0 Å². The van der Waals surface area contributed by atoms with E-state index in [1.54, 1.807) is 12.1 Å². The molecule has 0 aliphatic carbocycles. The van der Waals surface area contributed by atoms with Crippen molar-refractivity contribution in [3.05, 3.63) is 23.8 Å². The van der Waals surface area contributed by atoms with Crippen LogP contribution in [0.3, 0.4) is 0 Å². The Morgan fingerprint density at radius 1 is 1.32 bits per heavy atom. The number of nitrogens with zero attached hydrogens (tertiary/aromatic N) is 1. The lowest BCUT2D eigenvalue weighted by molar-refractivity contribution is -0.122. The Balaban J connectivity index is 1.87. The largest absolute Gasteiger partial charge is 0.493 e. The van der Waals surface area contributed by atoms with Crippen LogP contribution in [0.4, 0.5) is 8.78 Å². The molecule has 1 N–H and O–H groups in total. The van der Waals surface area contributed by atoms with Crippen LogP contribution < -0.4 is 14.8 Å². The number of carbonyl (C=O) groups is 1. The van der Waals surface area contributed by atoms with Gasteiger partial charge in [0.15, 0.2) is 11.5 Å². The zero-order valence-electron chi connectivity index (χ0n) is 12.2. The quantitative estimate of drug-likeness (QED) is 0.927. The average molecular weight is 312 g/mol. The number of hydrogen-bond donors (Lipinski definition) is 1. The van der Waals surface area contributed by atoms with Crippen LogP contribution in [0.5, 0.6) is 11.5 Å². The van der Waals surface area contributed by atoms with E-state index >= 15 is 0 Å². The topological polar surface area (TPSA) is 50.8 Å². The van der Waals surface area contributed by atoms with Gasteiger partial charge in [-0.2, -0.15) is 8.78 Å². The molecule has 0 spiro atoms. The van der Waals surface area contributed by atoms with Gasteiger partial charge in [0.05, 0.1) is 13.2 Å². The summed E-state index contributed by atoms with van der Waals surface area (Å²) >= 11 is 0. The van der Waals surface area contributed by atoms with E-state index in [0.29, 0.717) is 0 Å². The Bertz CT molecular complexity index is 568. The summed E-state index contributed by atoms with van der Waals surface area (Å²) in [4.78, 5) is 14.2. The molecule has 22 heavy (non-hydrogen) atoms. The van der Waals surface area contributed by atoms with Crippen molar-refractivity contribution in [2.45, 2.75) is 38.1 Å². The summed E-state index contributed by atoms with van der Waals surface area (Å²) in [6.07, 6.45) is 2.70. The van der Waals surface area contributed by atoms with Gasteiger partial charge in [-0.25, -0.2) is 0 Å². The number of halogens is 2. The van der Waals surface area contributed by atoms with Gasteiger partial charge < -0.3 is 14.8 Å². The number of alkyl halides is 2. The van der Waals surface area contributed by atoms with Gasteiger partial charge in [-0.3, -0.25) is 9.69 Å². The van der Waals surface area contributed by atoms with Crippen molar-refractivity contribution in [2.75, 3.05) is 13.7 Å². The maximum absolute atomic E-state index is 12.4. The Hall–Kier alpha value is -1.89. The highest BCUT2D eigenvalue weighted by Crippen LogP contribution is 2.36. The number of piperidine rings is 1. The molecule has 120 valence electrons. The highest BCUT2D eigenvalue weighted by molar-refractivity contribution is 5.84. The van der Waals surface area contributed by atoms with Crippen LogP contribution in [0.1, 0.15) is 31.0 Å². The molecule has 5 nitrogen and oxygen atoms in total. The van der Waals surface area contributed by atoms with Gasteiger partial charge in [0.2, 0.25) is 5.91 Å². The van der Waals surface area contributed by atoms with E-state index in [-0.39, 0.29) is 29.6 Å². The van der Waals surface area contributed by atoms with Gasteiger partial charge in [0.25, 0.3) is 0 Å². The number of rotatable bonds is 4.